The van der Waals surface area contributed by atoms with Gasteiger partial charge >= 0.3 is 6.03 Å². The van der Waals surface area contributed by atoms with Gasteiger partial charge in [-0.2, -0.15) is 5.10 Å². The molecule has 0 radical (unpaired) electrons. The first-order valence-electron chi connectivity index (χ1n) is 8.74. The Hall–Kier alpha value is -3.35. The van der Waals surface area contributed by atoms with Crippen LogP contribution in [0.5, 0.6) is 11.5 Å². The fourth-order valence-corrected chi connectivity index (χ4v) is 3.04. The maximum Gasteiger partial charge on any atom is 0.346 e. The average molecular weight is 367 g/mol. The van der Waals surface area contributed by atoms with Gasteiger partial charge in [0.05, 0.1) is 12.8 Å². The summed E-state index contributed by atoms with van der Waals surface area (Å²) in [6, 6.07) is 13.2. The van der Waals surface area contributed by atoms with Crippen molar-refractivity contribution in [3.63, 3.8) is 0 Å². The predicted molar refractivity (Wildman–Crippen MR) is 101 cm³/mol. The van der Waals surface area contributed by atoms with Crippen LogP contribution in [0.3, 0.4) is 0 Å². The molecule has 0 aromatic heterocycles. The standard InChI is InChI=1S/C20H21N3O4/c1-3-20(15-8-6-5-7-9-15)18(25)23(19(26)22-20)21-13-14-10-11-16(24)17(12-14)27-4-2/h5-13,24H,3-4H2,1-2H3,(H,22,26)/b21-13+/t20-/m0/s1. The van der Waals surface area contributed by atoms with E-state index in [2.05, 4.69) is 10.4 Å². The van der Waals surface area contributed by atoms with Gasteiger partial charge in [0.15, 0.2) is 11.5 Å². The number of hydrogen-bond donors (Lipinski definition) is 2. The van der Waals surface area contributed by atoms with Crippen LogP contribution in [0.4, 0.5) is 4.79 Å². The number of hydrazone groups is 1. The van der Waals surface area contributed by atoms with E-state index in [1.54, 1.807) is 19.1 Å². The largest absolute Gasteiger partial charge is 0.504 e. The van der Waals surface area contributed by atoms with E-state index in [0.717, 1.165) is 5.01 Å². The van der Waals surface area contributed by atoms with E-state index in [4.69, 9.17) is 4.74 Å². The number of phenols is 1. The molecule has 7 heteroatoms. The number of carbonyl (C=O) groups excluding carboxylic acids is 2. The number of amides is 3. The van der Waals surface area contributed by atoms with Crippen molar-refractivity contribution in [2.24, 2.45) is 5.10 Å². The molecule has 2 aromatic rings. The highest BCUT2D eigenvalue weighted by Gasteiger charge is 2.51. The molecule has 1 aliphatic heterocycles. The molecule has 1 saturated heterocycles. The second kappa shape index (κ2) is 7.49. The van der Waals surface area contributed by atoms with Crippen LogP contribution >= 0.6 is 0 Å². The lowest BCUT2D eigenvalue weighted by Gasteiger charge is -2.24. The van der Waals surface area contributed by atoms with E-state index in [1.807, 2.05) is 37.3 Å². The monoisotopic (exact) mass is 367 g/mol. The zero-order valence-corrected chi connectivity index (χ0v) is 15.2. The van der Waals surface area contributed by atoms with Crippen LogP contribution in [0.15, 0.2) is 53.6 Å². The Kier molecular flexibility index (Phi) is 5.12. The maximum absolute atomic E-state index is 13.0. The number of nitrogens with zero attached hydrogens (tertiary/aromatic N) is 2. The van der Waals surface area contributed by atoms with Crippen LogP contribution in [0, 0.1) is 0 Å². The lowest BCUT2D eigenvalue weighted by Crippen LogP contribution is -2.43. The van der Waals surface area contributed by atoms with Gasteiger partial charge < -0.3 is 15.2 Å². The van der Waals surface area contributed by atoms with Crippen LogP contribution in [0.2, 0.25) is 0 Å². The summed E-state index contributed by atoms with van der Waals surface area (Å²) in [4.78, 5) is 25.4. The number of ether oxygens (including phenoxy) is 1. The molecule has 3 rings (SSSR count). The van der Waals surface area contributed by atoms with E-state index in [0.29, 0.717) is 29.9 Å². The van der Waals surface area contributed by atoms with Crippen LogP contribution < -0.4 is 10.1 Å². The second-order valence-corrected chi connectivity index (χ2v) is 6.08. The van der Waals surface area contributed by atoms with Gasteiger partial charge in [-0.3, -0.25) is 4.79 Å². The molecule has 2 N–H and O–H groups in total. The van der Waals surface area contributed by atoms with Crippen LogP contribution in [0.1, 0.15) is 31.4 Å². The summed E-state index contributed by atoms with van der Waals surface area (Å²) in [5, 5.41) is 17.4. The minimum absolute atomic E-state index is 0.0121. The molecule has 0 aliphatic carbocycles. The number of carbonyl (C=O) groups is 2. The number of benzene rings is 2. The molecular formula is C20H21N3O4. The Bertz CT molecular complexity index is 882. The van der Waals surface area contributed by atoms with Gasteiger partial charge in [-0.1, -0.05) is 37.3 Å². The summed E-state index contributed by atoms with van der Waals surface area (Å²) in [5.41, 5.74) is 0.179. The fourth-order valence-electron chi connectivity index (χ4n) is 3.04. The molecule has 1 heterocycles. The van der Waals surface area contributed by atoms with Crippen LogP contribution in [-0.4, -0.2) is 34.9 Å². The van der Waals surface area contributed by atoms with Gasteiger partial charge in [0.1, 0.15) is 5.54 Å². The zero-order valence-electron chi connectivity index (χ0n) is 15.2. The van der Waals surface area contributed by atoms with E-state index in [1.165, 1.54) is 12.3 Å². The fraction of sp³-hybridized carbons (Fsp3) is 0.250. The van der Waals surface area contributed by atoms with Gasteiger partial charge in [-0.15, -0.1) is 5.01 Å². The van der Waals surface area contributed by atoms with Crippen LogP contribution in [0.25, 0.3) is 0 Å². The lowest BCUT2D eigenvalue weighted by atomic mass is 9.87. The Morgan fingerprint density at radius 3 is 2.59 bits per heavy atom. The minimum Gasteiger partial charge on any atom is -0.504 e. The Morgan fingerprint density at radius 2 is 1.93 bits per heavy atom. The number of imide groups is 1. The molecule has 0 unspecified atom stereocenters. The van der Waals surface area contributed by atoms with E-state index >= 15 is 0 Å². The van der Waals surface area contributed by atoms with Crippen molar-refractivity contribution in [1.29, 1.82) is 0 Å². The Balaban J connectivity index is 1.88. The molecule has 2 aromatic carbocycles. The molecule has 0 spiro atoms. The molecule has 1 aliphatic rings. The molecule has 3 amide bonds. The number of hydrogen-bond acceptors (Lipinski definition) is 5. The normalized spacial score (nSPS) is 19.6. The highest BCUT2D eigenvalue weighted by molar-refractivity contribution is 6.07. The van der Waals surface area contributed by atoms with Gasteiger partial charge in [-0.25, -0.2) is 4.79 Å². The first kappa shape index (κ1) is 18.4. The van der Waals surface area contributed by atoms with E-state index in [-0.39, 0.29) is 5.75 Å². The summed E-state index contributed by atoms with van der Waals surface area (Å²) in [7, 11) is 0. The molecule has 140 valence electrons. The summed E-state index contributed by atoms with van der Waals surface area (Å²) in [6.45, 7) is 4.05. The summed E-state index contributed by atoms with van der Waals surface area (Å²) in [5.74, 6) is -0.106. The van der Waals surface area contributed by atoms with Crippen molar-refractivity contribution in [2.45, 2.75) is 25.8 Å². The second-order valence-electron chi connectivity index (χ2n) is 6.08. The van der Waals surface area contributed by atoms with Crippen molar-refractivity contribution in [2.75, 3.05) is 6.61 Å². The SMILES string of the molecule is CCOc1cc(/C=N/N2C(=O)N[C@@](CC)(c3ccccc3)C2=O)ccc1O. The summed E-state index contributed by atoms with van der Waals surface area (Å²) in [6.07, 6.45) is 1.79. The summed E-state index contributed by atoms with van der Waals surface area (Å²) < 4.78 is 5.33. The third kappa shape index (κ3) is 3.36. The highest BCUT2D eigenvalue weighted by Crippen LogP contribution is 2.32. The van der Waals surface area contributed by atoms with Crippen LogP contribution in [-0.2, 0) is 10.3 Å². The number of phenolic OH excluding ortho intramolecular Hbond substituents is 1. The third-order valence-corrected chi connectivity index (χ3v) is 4.47. The topological polar surface area (TPSA) is 91.2 Å². The molecular weight excluding hydrogens is 346 g/mol. The quantitative estimate of drug-likeness (QED) is 0.606. The zero-order chi connectivity index (χ0) is 19.4. The molecule has 7 nitrogen and oxygen atoms in total. The van der Waals surface area contributed by atoms with Gasteiger partial charge in [0.25, 0.3) is 5.91 Å². The number of urea groups is 1. The smallest absolute Gasteiger partial charge is 0.346 e. The number of rotatable bonds is 6. The van der Waals surface area contributed by atoms with Gasteiger partial charge in [0.2, 0.25) is 0 Å². The average Bonchev–Trinajstić information content (AvgIpc) is 2.94. The van der Waals surface area contributed by atoms with E-state index < -0.39 is 17.5 Å². The maximum atomic E-state index is 13.0. The first-order chi connectivity index (χ1) is 13.0. The van der Waals surface area contributed by atoms with Crippen molar-refractivity contribution in [3.8, 4) is 11.5 Å². The van der Waals surface area contributed by atoms with Crippen molar-refractivity contribution < 1.29 is 19.4 Å². The predicted octanol–water partition coefficient (Wildman–Crippen LogP) is 2.98. The molecule has 27 heavy (non-hydrogen) atoms. The van der Waals surface area contributed by atoms with E-state index in [9.17, 15) is 14.7 Å². The first-order valence-corrected chi connectivity index (χ1v) is 8.74. The molecule has 0 bridgehead atoms. The molecule has 1 atom stereocenters. The molecule has 1 fully saturated rings. The number of aromatic hydroxyl groups is 1. The van der Waals surface area contributed by atoms with Gasteiger partial charge in [-0.05, 0) is 42.7 Å². The van der Waals surface area contributed by atoms with Crippen molar-refractivity contribution in [3.05, 3.63) is 59.7 Å². The Labute approximate surface area is 157 Å². The third-order valence-electron chi connectivity index (χ3n) is 4.47. The lowest BCUT2D eigenvalue weighted by molar-refractivity contribution is -0.131. The highest BCUT2D eigenvalue weighted by atomic mass is 16.5. The molecule has 0 saturated carbocycles. The van der Waals surface area contributed by atoms with Gasteiger partial charge in [0, 0.05) is 0 Å². The van der Waals surface area contributed by atoms with Crippen molar-refractivity contribution in [1.82, 2.24) is 10.3 Å². The van der Waals surface area contributed by atoms with Crippen molar-refractivity contribution >= 4 is 18.2 Å². The minimum atomic E-state index is -1.12. The summed E-state index contributed by atoms with van der Waals surface area (Å²) >= 11 is 0. The number of nitrogens with one attached hydrogen (secondary N) is 1. The Morgan fingerprint density at radius 1 is 1.19 bits per heavy atom.